The Kier molecular flexibility index (Phi) is 9.95. The highest BCUT2D eigenvalue weighted by molar-refractivity contribution is 5.94. The Bertz CT molecular complexity index is 1270. The Morgan fingerprint density at radius 3 is 2.44 bits per heavy atom. The maximum atomic E-state index is 13.5. The molecule has 1 amide bonds. The fourth-order valence-electron chi connectivity index (χ4n) is 5.33. The lowest BCUT2D eigenvalue weighted by Crippen LogP contribution is -2.42. The summed E-state index contributed by atoms with van der Waals surface area (Å²) in [7, 11) is 0. The van der Waals surface area contributed by atoms with Crippen molar-refractivity contribution in [3.63, 3.8) is 0 Å². The Balaban J connectivity index is 1.51. The van der Waals surface area contributed by atoms with Crippen LogP contribution in [0, 0.1) is 10.1 Å². The van der Waals surface area contributed by atoms with Gasteiger partial charge in [-0.1, -0.05) is 50.5 Å². The minimum Gasteiger partial charge on any atom is -0.490 e. The second-order valence-electron chi connectivity index (χ2n) is 10.0. The summed E-state index contributed by atoms with van der Waals surface area (Å²) in [5.74, 6) is 1.76. The third-order valence-corrected chi connectivity index (χ3v) is 7.22. The fourth-order valence-corrected chi connectivity index (χ4v) is 5.33. The van der Waals surface area contributed by atoms with Crippen LogP contribution in [0.5, 0.6) is 17.2 Å². The largest absolute Gasteiger partial charge is 0.490 e. The number of hydrogen-bond donors (Lipinski definition) is 0. The first-order chi connectivity index (χ1) is 19.0. The van der Waals surface area contributed by atoms with Gasteiger partial charge in [-0.25, -0.2) is 0 Å². The van der Waals surface area contributed by atoms with Crippen LogP contribution in [0.25, 0.3) is 0 Å². The number of benzene rings is 3. The van der Waals surface area contributed by atoms with Crippen molar-refractivity contribution in [2.75, 3.05) is 13.2 Å². The molecule has 39 heavy (non-hydrogen) atoms. The number of para-hydroxylation sites is 2. The number of rotatable bonds is 12. The molecule has 3 aromatic carbocycles. The summed E-state index contributed by atoms with van der Waals surface area (Å²) in [5.41, 5.74) is 2.30. The number of nitrogens with zero attached hydrogens (tertiary/aromatic N) is 2. The third-order valence-electron chi connectivity index (χ3n) is 7.22. The molecule has 0 spiro atoms. The van der Waals surface area contributed by atoms with Crippen molar-refractivity contribution in [1.82, 2.24) is 4.90 Å². The average Bonchev–Trinajstić information content (AvgIpc) is 2.96. The molecule has 1 saturated carbocycles. The van der Waals surface area contributed by atoms with E-state index in [0.717, 1.165) is 31.4 Å². The Morgan fingerprint density at radius 1 is 0.949 bits per heavy atom. The first-order valence-electron chi connectivity index (χ1n) is 14.1. The smallest absolute Gasteiger partial charge is 0.272 e. The number of amides is 1. The van der Waals surface area contributed by atoms with Gasteiger partial charge in [0.15, 0.2) is 11.5 Å². The number of carbonyl (C=O) groups excluding carboxylic acids is 1. The summed E-state index contributed by atoms with van der Waals surface area (Å²) in [6, 6.07) is 20.2. The van der Waals surface area contributed by atoms with Crippen molar-refractivity contribution in [3.8, 4) is 17.2 Å². The van der Waals surface area contributed by atoms with Gasteiger partial charge >= 0.3 is 0 Å². The molecular formula is C32H38N2O5. The van der Waals surface area contributed by atoms with Crippen molar-refractivity contribution in [2.24, 2.45) is 0 Å². The van der Waals surface area contributed by atoms with Crippen molar-refractivity contribution in [1.29, 1.82) is 0 Å². The highest BCUT2D eigenvalue weighted by atomic mass is 16.6. The van der Waals surface area contributed by atoms with E-state index in [1.54, 1.807) is 12.1 Å². The quantitative estimate of drug-likeness (QED) is 0.177. The number of nitro benzene ring substituents is 1. The molecule has 0 N–H and O–H groups in total. The summed E-state index contributed by atoms with van der Waals surface area (Å²) in [6.07, 6.45) is 7.69. The van der Waals surface area contributed by atoms with E-state index in [1.165, 1.54) is 25.3 Å². The second-order valence-corrected chi connectivity index (χ2v) is 10.0. The van der Waals surface area contributed by atoms with Gasteiger partial charge in [-0.05, 0) is 81.0 Å². The topological polar surface area (TPSA) is 81.9 Å². The van der Waals surface area contributed by atoms with E-state index in [-0.39, 0.29) is 16.5 Å². The molecule has 4 rings (SSSR count). The molecule has 1 aliphatic rings. The van der Waals surface area contributed by atoms with Crippen LogP contribution in [0.1, 0.15) is 73.9 Å². The zero-order valence-corrected chi connectivity index (χ0v) is 22.9. The zero-order chi connectivity index (χ0) is 27.6. The number of aryl methyl sites for hydroxylation is 2. The van der Waals surface area contributed by atoms with Gasteiger partial charge in [-0.2, -0.15) is 0 Å². The van der Waals surface area contributed by atoms with Crippen LogP contribution in [-0.2, 0) is 12.8 Å². The van der Waals surface area contributed by atoms with Crippen molar-refractivity contribution >= 4 is 11.6 Å². The second kappa shape index (κ2) is 13.8. The monoisotopic (exact) mass is 530 g/mol. The van der Waals surface area contributed by atoms with E-state index in [1.807, 2.05) is 55.5 Å². The van der Waals surface area contributed by atoms with Gasteiger partial charge in [0.1, 0.15) is 5.75 Å². The molecule has 0 bridgehead atoms. The van der Waals surface area contributed by atoms with Gasteiger partial charge < -0.3 is 14.4 Å². The Morgan fingerprint density at radius 2 is 1.72 bits per heavy atom. The first-order valence-corrected chi connectivity index (χ1v) is 14.1. The molecule has 0 unspecified atom stereocenters. The first kappa shape index (κ1) is 28.1. The third kappa shape index (κ3) is 7.37. The van der Waals surface area contributed by atoms with Crippen LogP contribution in [0.15, 0.2) is 66.7 Å². The van der Waals surface area contributed by atoms with E-state index < -0.39 is 0 Å². The SMILES string of the molecule is CCCN(C(=O)c1cccc(CCc2cc(Oc3ccccc3OCC)ccc2[N+](=O)[O-])c1)C1CCCCC1. The minimum absolute atomic E-state index is 0.0547. The lowest BCUT2D eigenvalue weighted by atomic mass is 9.93. The van der Waals surface area contributed by atoms with Gasteiger partial charge in [0, 0.05) is 29.8 Å². The number of carbonyl (C=O) groups is 1. The number of ether oxygens (including phenoxy) is 2. The maximum absolute atomic E-state index is 13.5. The minimum atomic E-state index is -0.361. The van der Waals surface area contributed by atoms with Crippen LogP contribution >= 0.6 is 0 Å². The Hall–Kier alpha value is -3.87. The average molecular weight is 531 g/mol. The zero-order valence-electron chi connectivity index (χ0n) is 22.9. The highest BCUT2D eigenvalue weighted by Crippen LogP contribution is 2.34. The summed E-state index contributed by atoms with van der Waals surface area (Å²) in [5, 5.41) is 11.8. The van der Waals surface area contributed by atoms with Gasteiger partial charge in [-0.3, -0.25) is 14.9 Å². The maximum Gasteiger partial charge on any atom is 0.272 e. The van der Waals surface area contributed by atoms with Crippen molar-refractivity contribution < 1.29 is 19.2 Å². The van der Waals surface area contributed by atoms with Crippen LogP contribution in [-0.4, -0.2) is 34.9 Å². The van der Waals surface area contributed by atoms with Crippen LogP contribution in [0.2, 0.25) is 0 Å². The van der Waals surface area contributed by atoms with Crippen LogP contribution in [0.4, 0.5) is 5.69 Å². The van der Waals surface area contributed by atoms with E-state index >= 15 is 0 Å². The van der Waals surface area contributed by atoms with Crippen LogP contribution < -0.4 is 9.47 Å². The summed E-state index contributed by atoms with van der Waals surface area (Å²) < 4.78 is 11.7. The molecule has 0 radical (unpaired) electrons. The van der Waals surface area contributed by atoms with Crippen molar-refractivity contribution in [3.05, 3.63) is 93.5 Å². The van der Waals surface area contributed by atoms with Gasteiger partial charge in [-0.15, -0.1) is 0 Å². The molecule has 206 valence electrons. The molecular weight excluding hydrogens is 492 g/mol. The molecule has 3 aromatic rings. The lowest BCUT2D eigenvalue weighted by molar-refractivity contribution is -0.385. The molecule has 0 saturated heterocycles. The van der Waals surface area contributed by atoms with Gasteiger partial charge in [0.05, 0.1) is 11.5 Å². The number of hydrogen-bond acceptors (Lipinski definition) is 5. The van der Waals surface area contributed by atoms with E-state index in [2.05, 4.69) is 11.8 Å². The van der Waals surface area contributed by atoms with E-state index in [4.69, 9.17) is 9.47 Å². The summed E-state index contributed by atoms with van der Waals surface area (Å²) >= 11 is 0. The van der Waals surface area contributed by atoms with E-state index in [0.29, 0.717) is 53.9 Å². The molecule has 1 fully saturated rings. The lowest BCUT2D eigenvalue weighted by Gasteiger charge is -2.34. The predicted octanol–water partition coefficient (Wildman–Crippen LogP) is 7.76. The van der Waals surface area contributed by atoms with Gasteiger partial charge in [0.25, 0.3) is 11.6 Å². The molecule has 7 nitrogen and oxygen atoms in total. The normalized spacial score (nSPS) is 13.6. The molecule has 7 heteroatoms. The fraction of sp³-hybridized carbons (Fsp3) is 0.406. The molecule has 0 aromatic heterocycles. The Labute approximate surface area is 230 Å². The van der Waals surface area contributed by atoms with E-state index in [9.17, 15) is 14.9 Å². The summed E-state index contributed by atoms with van der Waals surface area (Å²) in [4.78, 5) is 27.0. The van der Waals surface area contributed by atoms with Gasteiger partial charge in [0.2, 0.25) is 0 Å². The summed E-state index contributed by atoms with van der Waals surface area (Å²) in [6.45, 7) is 5.28. The van der Waals surface area contributed by atoms with Crippen molar-refractivity contribution in [2.45, 2.75) is 71.3 Å². The molecule has 0 aliphatic heterocycles. The molecule has 1 aliphatic carbocycles. The molecule has 0 heterocycles. The number of nitro groups is 1. The standard InChI is InChI=1S/C32H38N2O5/c1-3-21-33(27-13-6-5-7-14-27)32(35)26-12-10-11-24(22-26)17-18-25-23-28(19-20-29(25)34(36)37)39-31-16-9-8-15-30(31)38-4-2/h8-12,15-16,19-20,22-23,27H,3-7,13-14,17-18,21H2,1-2H3. The highest BCUT2D eigenvalue weighted by Gasteiger charge is 2.26. The predicted molar refractivity (Wildman–Crippen MR) is 153 cm³/mol. The molecule has 0 atom stereocenters. The van der Waals surface area contributed by atoms with Crippen LogP contribution in [0.3, 0.4) is 0 Å².